The molecule has 0 bridgehead atoms. The van der Waals surface area contributed by atoms with Gasteiger partial charge in [0.1, 0.15) is 5.75 Å². The van der Waals surface area contributed by atoms with Gasteiger partial charge in [-0.05, 0) is 6.42 Å². The second-order valence-electron chi connectivity index (χ2n) is 2.90. The van der Waals surface area contributed by atoms with Crippen molar-refractivity contribution < 1.29 is 13.2 Å². The van der Waals surface area contributed by atoms with E-state index in [1.54, 1.807) is 6.92 Å². The summed E-state index contributed by atoms with van der Waals surface area (Å²) < 4.78 is 22.5. The van der Waals surface area contributed by atoms with Crippen LogP contribution in [0.25, 0.3) is 0 Å². The van der Waals surface area contributed by atoms with E-state index in [4.69, 9.17) is 5.73 Å². The molecular weight excluding hydrogens is 192 g/mol. The second-order valence-corrected chi connectivity index (χ2v) is 5.01. The number of amides is 1. The average Bonchev–Trinajstić information content (AvgIpc) is 2.02. The molecule has 0 rings (SSSR count). The van der Waals surface area contributed by atoms with Crippen molar-refractivity contribution >= 4 is 15.7 Å². The van der Waals surface area contributed by atoms with Crippen molar-refractivity contribution in [2.24, 2.45) is 5.73 Å². The Kier molecular flexibility index (Phi) is 4.94. The van der Waals surface area contributed by atoms with Gasteiger partial charge >= 0.3 is 0 Å². The Labute approximate surface area is 78.6 Å². The maximum absolute atomic E-state index is 11.2. The zero-order valence-corrected chi connectivity index (χ0v) is 8.73. The molecule has 0 saturated heterocycles. The first-order valence-corrected chi connectivity index (χ1v) is 5.90. The van der Waals surface area contributed by atoms with E-state index < -0.39 is 21.5 Å². The van der Waals surface area contributed by atoms with Crippen molar-refractivity contribution in [1.29, 1.82) is 0 Å². The van der Waals surface area contributed by atoms with E-state index in [0.29, 0.717) is 6.42 Å². The minimum atomic E-state index is -3.34. The molecule has 1 amide bonds. The number of hydrogen-bond donors (Lipinski definition) is 2. The maximum Gasteiger partial charge on any atom is 0.234 e. The molecule has 0 aliphatic rings. The molecule has 6 heteroatoms. The molecule has 0 spiro atoms. The second kappa shape index (κ2) is 5.18. The highest BCUT2D eigenvalue weighted by atomic mass is 32.2. The van der Waals surface area contributed by atoms with Crippen LogP contribution in [0.15, 0.2) is 0 Å². The van der Waals surface area contributed by atoms with Crippen LogP contribution in [0.2, 0.25) is 0 Å². The first kappa shape index (κ1) is 12.4. The topological polar surface area (TPSA) is 89.3 Å². The molecule has 0 heterocycles. The van der Waals surface area contributed by atoms with Crippen LogP contribution >= 0.6 is 0 Å². The first-order valence-electron chi connectivity index (χ1n) is 4.08. The summed E-state index contributed by atoms with van der Waals surface area (Å²) in [5.74, 6) is -1.10. The molecule has 3 N–H and O–H groups in total. The summed E-state index contributed by atoms with van der Waals surface area (Å²) in [5, 5.41) is 2.25. The van der Waals surface area contributed by atoms with Gasteiger partial charge in [0.25, 0.3) is 0 Å². The van der Waals surface area contributed by atoms with Crippen LogP contribution in [0.5, 0.6) is 0 Å². The largest absolute Gasteiger partial charge is 0.358 e. The maximum atomic E-state index is 11.2. The van der Waals surface area contributed by atoms with Gasteiger partial charge in [-0.1, -0.05) is 6.92 Å². The number of rotatable bonds is 5. The smallest absolute Gasteiger partial charge is 0.234 e. The van der Waals surface area contributed by atoms with Gasteiger partial charge in [-0.2, -0.15) is 0 Å². The minimum Gasteiger partial charge on any atom is -0.358 e. The molecule has 5 nitrogen and oxygen atoms in total. The number of carbonyl (C=O) groups is 1. The van der Waals surface area contributed by atoms with Crippen molar-refractivity contribution in [2.45, 2.75) is 19.4 Å². The monoisotopic (exact) mass is 208 g/mol. The highest BCUT2D eigenvalue weighted by Crippen LogP contribution is 1.96. The Morgan fingerprint density at radius 1 is 1.54 bits per heavy atom. The van der Waals surface area contributed by atoms with Crippen LogP contribution in [-0.2, 0) is 14.6 Å². The fourth-order valence-electron chi connectivity index (χ4n) is 0.775. The molecule has 0 saturated carbocycles. The van der Waals surface area contributed by atoms with Crippen LogP contribution in [0.4, 0.5) is 0 Å². The van der Waals surface area contributed by atoms with Crippen molar-refractivity contribution in [3.8, 4) is 0 Å². The third-order valence-electron chi connectivity index (χ3n) is 1.62. The van der Waals surface area contributed by atoms with Gasteiger partial charge < -0.3 is 11.1 Å². The molecular formula is C7H16N2O3S. The number of carbonyl (C=O) groups excluding carboxylic acids is 1. The van der Waals surface area contributed by atoms with E-state index in [9.17, 15) is 13.2 Å². The van der Waals surface area contributed by atoms with Gasteiger partial charge in [0.05, 0.1) is 5.75 Å². The Balaban J connectivity index is 4.17. The lowest BCUT2D eigenvalue weighted by atomic mass is 10.3. The number of hydrogen-bond acceptors (Lipinski definition) is 4. The molecule has 0 aliphatic heterocycles. The van der Waals surface area contributed by atoms with E-state index in [1.807, 2.05) is 0 Å². The fraction of sp³-hybridized carbons (Fsp3) is 0.857. The van der Waals surface area contributed by atoms with Crippen LogP contribution in [0, 0.1) is 0 Å². The van der Waals surface area contributed by atoms with Gasteiger partial charge in [0.15, 0.2) is 9.84 Å². The summed E-state index contributed by atoms with van der Waals surface area (Å²) in [6.45, 7) is 1.81. The van der Waals surface area contributed by atoms with E-state index >= 15 is 0 Å². The van der Waals surface area contributed by atoms with Gasteiger partial charge in [-0.3, -0.25) is 4.79 Å². The van der Waals surface area contributed by atoms with Crippen molar-refractivity contribution in [3.63, 3.8) is 0 Å². The predicted octanol–water partition coefficient (Wildman–Crippen LogP) is -1.12. The Bertz CT molecular complexity index is 261. The highest BCUT2D eigenvalue weighted by Gasteiger charge is 2.18. The number of sulfone groups is 1. The normalized spacial score (nSPS) is 13.8. The van der Waals surface area contributed by atoms with Crippen molar-refractivity contribution in [1.82, 2.24) is 5.32 Å². The number of nitrogens with two attached hydrogens (primary N) is 1. The summed E-state index contributed by atoms with van der Waals surface area (Å²) in [6, 6.07) is -0.380. The quantitative estimate of drug-likeness (QED) is 0.599. The molecule has 0 aromatic rings. The summed E-state index contributed by atoms with van der Waals surface area (Å²) in [7, 11) is -1.94. The summed E-state index contributed by atoms with van der Waals surface area (Å²) in [5.41, 5.74) is 5.47. The lowest BCUT2D eigenvalue weighted by Crippen LogP contribution is -2.34. The third kappa shape index (κ3) is 5.59. The molecule has 0 aromatic carbocycles. The predicted molar refractivity (Wildman–Crippen MR) is 51.0 cm³/mol. The van der Waals surface area contributed by atoms with Crippen LogP contribution in [-0.4, -0.2) is 38.9 Å². The molecule has 1 unspecified atom stereocenters. The first-order chi connectivity index (χ1) is 5.91. The summed E-state index contributed by atoms with van der Waals surface area (Å²) in [4.78, 5) is 10.8. The molecule has 78 valence electrons. The van der Waals surface area contributed by atoms with E-state index in [-0.39, 0.29) is 11.8 Å². The molecule has 0 radical (unpaired) electrons. The average molecular weight is 208 g/mol. The molecule has 13 heavy (non-hydrogen) atoms. The lowest BCUT2D eigenvalue weighted by Gasteiger charge is -2.08. The van der Waals surface area contributed by atoms with Gasteiger partial charge in [0.2, 0.25) is 5.91 Å². The lowest BCUT2D eigenvalue weighted by molar-refractivity contribution is -0.118. The Morgan fingerprint density at radius 2 is 2.08 bits per heavy atom. The van der Waals surface area contributed by atoms with Gasteiger partial charge in [-0.25, -0.2) is 8.42 Å². The van der Waals surface area contributed by atoms with Crippen LogP contribution in [0.1, 0.15) is 13.3 Å². The van der Waals surface area contributed by atoms with E-state index in [0.717, 1.165) is 0 Å². The highest BCUT2D eigenvalue weighted by molar-refractivity contribution is 7.92. The van der Waals surface area contributed by atoms with Crippen LogP contribution in [0.3, 0.4) is 0 Å². The standard InChI is InChI=1S/C7H16N2O3S/c1-3-6(8)4-13(11,12)5-7(10)9-2/h6H,3-5,8H2,1-2H3,(H,9,10). The molecule has 1 atom stereocenters. The van der Waals surface area contributed by atoms with E-state index in [2.05, 4.69) is 5.32 Å². The molecule has 0 fully saturated rings. The summed E-state index contributed by atoms with van der Waals surface area (Å²) in [6.07, 6.45) is 0.590. The minimum absolute atomic E-state index is 0.128. The Hall–Kier alpha value is -0.620. The van der Waals surface area contributed by atoms with Crippen LogP contribution < -0.4 is 11.1 Å². The third-order valence-corrected chi connectivity index (χ3v) is 3.26. The zero-order chi connectivity index (χ0) is 10.5. The summed E-state index contributed by atoms with van der Waals surface area (Å²) >= 11 is 0. The van der Waals surface area contributed by atoms with Crippen molar-refractivity contribution in [2.75, 3.05) is 18.6 Å². The van der Waals surface area contributed by atoms with E-state index in [1.165, 1.54) is 7.05 Å². The van der Waals surface area contributed by atoms with Gasteiger partial charge in [0, 0.05) is 13.1 Å². The molecule has 0 aromatic heterocycles. The molecule has 0 aliphatic carbocycles. The fourth-order valence-corrected chi connectivity index (χ4v) is 2.32. The van der Waals surface area contributed by atoms with Crippen molar-refractivity contribution in [3.05, 3.63) is 0 Å². The van der Waals surface area contributed by atoms with Gasteiger partial charge in [-0.15, -0.1) is 0 Å². The Morgan fingerprint density at radius 3 is 2.46 bits per heavy atom. The zero-order valence-electron chi connectivity index (χ0n) is 7.91. The number of nitrogens with one attached hydrogen (secondary N) is 1. The SMILES string of the molecule is CCC(N)CS(=O)(=O)CC(=O)NC.